The van der Waals surface area contributed by atoms with Crippen molar-refractivity contribution in [2.45, 2.75) is 38.2 Å². The number of carboxylic acid groups (broad SMARTS) is 1. The third-order valence-electron chi connectivity index (χ3n) is 2.30. The first-order chi connectivity index (χ1) is 10.2. The molecule has 1 aromatic heterocycles. The summed E-state index contributed by atoms with van der Waals surface area (Å²) >= 11 is 4.73. The molecule has 1 amide bonds. The smallest absolute Gasteiger partial charge is 0.408 e. The van der Waals surface area contributed by atoms with Gasteiger partial charge in [0.15, 0.2) is 0 Å². The lowest BCUT2D eigenvalue weighted by Gasteiger charge is -2.21. The molecule has 1 aromatic rings. The third kappa shape index (κ3) is 7.65. The van der Waals surface area contributed by atoms with Crippen molar-refractivity contribution in [3.63, 3.8) is 0 Å². The molecule has 2 N–H and O–H groups in total. The van der Waals surface area contributed by atoms with E-state index < -0.39 is 23.7 Å². The second-order valence-electron chi connectivity index (χ2n) is 5.56. The molecule has 1 rings (SSSR count). The van der Waals surface area contributed by atoms with Crippen molar-refractivity contribution in [1.29, 1.82) is 0 Å². The second-order valence-corrected chi connectivity index (χ2v) is 7.51. The molecule has 0 bridgehead atoms. The Morgan fingerprint density at radius 3 is 2.68 bits per heavy atom. The van der Waals surface area contributed by atoms with E-state index >= 15 is 0 Å². The predicted molar refractivity (Wildman–Crippen MR) is 88.9 cm³/mol. The van der Waals surface area contributed by atoms with Crippen molar-refractivity contribution >= 4 is 39.8 Å². The number of halogens is 1. The molecule has 0 saturated heterocycles. The summed E-state index contributed by atoms with van der Waals surface area (Å²) in [6.07, 6.45) is 2.66. The van der Waals surface area contributed by atoms with Gasteiger partial charge in [0.05, 0.1) is 0 Å². The van der Waals surface area contributed by atoms with Crippen LogP contribution in [-0.4, -0.2) is 39.5 Å². The highest BCUT2D eigenvalue weighted by Gasteiger charge is 2.23. The number of carbonyl (C=O) groups excluding carboxylic acids is 1. The number of pyridine rings is 1. The highest BCUT2D eigenvalue weighted by Crippen LogP contribution is 2.16. The van der Waals surface area contributed by atoms with Crippen LogP contribution in [0.15, 0.2) is 22.9 Å². The van der Waals surface area contributed by atoms with E-state index in [0.717, 1.165) is 10.0 Å². The van der Waals surface area contributed by atoms with Gasteiger partial charge in [-0.1, -0.05) is 0 Å². The van der Waals surface area contributed by atoms with Crippen LogP contribution >= 0.6 is 27.7 Å². The average molecular weight is 391 g/mol. The van der Waals surface area contributed by atoms with Crippen molar-refractivity contribution in [3.8, 4) is 0 Å². The number of aromatic nitrogens is 1. The molecule has 0 saturated carbocycles. The Balaban J connectivity index is 2.48. The lowest BCUT2D eigenvalue weighted by Crippen LogP contribution is -2.44. The van der Waals surface area contributed by atoms with E-state index in [0.29, 0.717) is 5.75 Å². The molecule has 0 fully saturated rings. The Kier molecular flexibility index (Phi) is 7.15. The van der Waals surface area contributed by atoms with E-state index in [1.54, 1.807) is 33.2 Å². The van der Waals surface area contributed by atoms with Crippen molar-refractivity contribution in [2.75, 3.05) is 5.75 Å². The van der Waals surface area contributed by atoms with E-state index in [1.807, 2.05) is 6.07 Å². The molecule has 1 unspecified atom stereocenters. The maximum absolute atomic E-state index is 11.6. The van der Waals surface area contributed by atoms with Gasteiger partial charge in [0.1, 0.15) is 11.6 Å². The fourth-order valence-electron chi connectivity index (χ4n) is 1.45. The first-order valence-electron chi connectivity index (χ1n) is 6.57. The number of nitrogens with zero attached hydrogens (tertiary/aromatic N) is 1. The lowest BCUT2D eigenvalue weighted by atomic mass is 10.2. The van der Waals surface area contributed by atoms with Gasteiger partial charge in [-0.05, 0) is 48.3 Å². The van der Waals surface area contributed by atoms with Crippen LogP contribution in [-0.2, 0) is 15.3 Å². The van der Waals surface area contributed by atoms with Crippen LogP contribution in [0.3, 0.4) is 0 Å². The Labute approximate surface area is 142 Å². The third-order valence-corrected chi connectivity index (χ3v) is 3.84. The number of nitrogens with one attached hydrogen (secondary N) is 1. The SMILES string of the molecule is CC(C)(C)OC(=O)NC(CSCc1cncc(Br)c1)C(=O)O. The zero-order chi connectivity index (χ0) is 16.8. The van der Waals surface area contributed by atoms with Gasteiger partial charge in [0.2, 0.25) is 0 Å². The van der Waals surface area contributed by atoms with Crippen LogP contribution in [0.2, 0.25) is 0 Å². The first-order valence-corrected chi connectivity index (χ1v) is 8.51. The number of carbonyl (C=O) groups is 2. The Morgan fingerprint density at radius 2 is 2.14 bits per heavy atom. The molecule has 0 aliphatic heterocycles. The maximum atomic E-state index is 11.6. The van der Waals surface area contributed by atoms with Crippen molar-refractivity contribution in [1.82, 2.24) is 10.3 Å². The van der Waals surface area contributed by atoms with Crippen LogP contribution in [0.4, 0.5) is 4.79 Å². The van der Waals surface area contributed by atoms with Gasteiger partial charge in [0.25, 0.3) is 0 Å². The fourth-order valence-corrected chi connectivity index (χ4v) is 2.84. The number of alkyl carbamates (subject to hydrolysis) is 1. The molecule has 0 aromatic carbocycles. The minimum Gasteiger partial charge on any atom is -0.480 e. The predicted octanol–water partition coefficient (Wildman–Crippen LogP) is 3.06. The number of hydrogen-bond donors (Lipinski definition) is 2. The molecular weight excluding hydrogens is 372 g/mol. The number of rotatable bonds is 6. The van der Waals surface area contributed by atoms with E-state index in [9.17, 15) is 9.59 Å². The molecular formula is C14H19BrN2O4S. The first kappa shape index (κ1) is 18.8. The van der Waals surface area contributed by atoms with Crippen molar-refractivity contribution in [2.24, 2.45) is 0 Å². The number of carboxylic acids is 1. The summed E-state index contributed by atoms with van der Waals surface area (Å²) in [4.78, 5) is 26.9. The highest BCUT2D eigenvalue weighted by atomic mass is 79.9. The molecule has 8 heteroatoms. The summed E-state index contributed by atoms with van der Waals surface area (Å²) in [5, 5.41) is 11.5. The molecule has 0 spiro atoms. The molecule has 0 radical (unpaired) electrons. The van der Waals surface area contributed by atoms with Gasteiger partial charge in [-0.15, -0.1) is 0 Å². The average Bonchev–Trinajstić information content (AvgIpc) is 2.35. The number of hydrogen-bond acceptors (Lipinski definition) is 5. The molecule has 1 heterocycles. The number of aliphatic carboxylic acids is 1. The largest absolute Gasteiger partial charge is 0.480 e. The standard InChI is InChI=1S/C14H19BrN2O4S/c1-14(2,3)21-13(20)17-11(12(18)19)8-22-7-9-4-10(15)6-16-5-9/h4-6,11H,7-8H2,1-3H3,(H,17,20)(H,18,19). The summed E-state index contributed by atoms with van der Waals surface area (Å²) in [7, 11) is 0. The van der Waals surface area contributed by atoms with Gasteiger partial charge in [-0.25, -0.2) is 9.59 Å². The van der Waals surface area contributed by atoms with Gasteiger partial charge in [-0.2, -0.15) is 11.8 Å². The molecule has 122 valence electrons. The zero-order valence-corrected chi connectivity index (χ0v) is 15.0. The Morgan fingerprint density at radius 1 is 1.45 bits per heavy atom. The lowest BCUT2D eigenvalue weighted by molar-refractivity contribution is -0.138. The molecule has 22 heavy (non-hydrogen) atoms. The van der Waals surface area contributed by atoms with Crippen LogP contribution < -0.4 is 5.32 Å². The Bertz CT molecular complexity index is 534. The van der Waals surface area contributed by atoms with Crippen molar-refractivity contribution in [3.05, 3.63) is 28.5 Å². The molecule has 6 nitrogen and oxygen atoms in total. The normalized spacial score (nSPS) is 12.5. The second kappa shape index (κ2) is 8.38. The summed E-state index contributed by atoms with van der Waals surface area (Å²) in [6, 6.07) is 0.914. The van der Waals surface area contributed by atoms with Crippen LogP contribution in [0.25, 0.3) is 0 Å². The Hall–Kier alpha value is -1.28. The highest BCUT2D eigenvalue weighted by molar-refractivity contribution is 9.10. The number of thioether (sulfide) groups is 1. The quantitative estimate of drug-likeness (QED) is 0.775. The van der Waals surface area contributed by atoms with E-state index in [2.05, 4.69) is 26.2 Å². The number of amides is 1. The summed E-state index contributed by atoms with van der Waals surface area (Å²) in [5.74, 6) is -0.251. The van der Waals surface area contributed by atoms with Gasteiger partial charge in [-0.3, -0.25) is 4.98 Å². The van der Waals surface area contributed by atoms with E-state index in [4.69, 9.17) is 9.84 Å². The maximum Gasteiger partial charge on any atom is 0.408 e. The summed E-state index contributed by atoms with van der Waals surface area (Å²) in [6.45, 7) is 5.16. The van der Waals surface area contributed by atoms with Crippen molar-refractivity contribution < 1.29 is 19.4 Å². The fraction of sp³-hybridized carbons (Fsp3) is 0.500. The van der Waals surface area contributed by atoms with Crippen LogP contribution in [0.1, 0.15) is 26.3 Å². The van der Waals surface area contributed by atoms with Gasteiger partial charge < -0.3 is 15.2 Å². The topological polar surface area (TPSA) is 88.5 Å². The molecule has 1 atom stereocenters. The summed E-state index contributed by atoms with van der Waals surface area (Å²) < 4.78 is 5.93. The zero-order valence-electron chi connectivity index (χ0n) is 12.6. The minimum absolute atomic E-state index is 0.237. The van der Waals surface area contributed by atoms with Crippen LogP contribution in [0.5, 0.6) is 0 Å². The van der Waals surface area contributed by atoms with E-state index in [1.165, 1.54) is 11.8 Å². The monoisotopic (exact) mass is 390 g/mol. The van der Waals surface area contributed by atoms with Gasteiger partial charge in [0, 0.05) is 28.4 Å². The number of ether oxygens (including phenoxy) is 1. The van der Waals surface area contributed by atoms with E-state index in [-0.39, 0.29) is 5.75 Å². The molecule has 0 aliphatic carbocycles. The van der Waals surface area contributed by atoms with Gasteiger partial charge >= 0.3 is 12.1 Å². The summed E-state index contributed by atoms with van der Waals surface area (Å²) in [5.41, 5.74) is 0.309. The van der Waals surface area contributed by atoms with Crippen LogP contribution in [0, 0.1) is 0 Å². The molecule has 0 aliphatic rings. The minimum atomic E-state index is -1.09.